The van der Waals surface area contributed by atoms with Crippen LogP contribution in [0.25, 0.3) is 0 Å². The zero-order valence-corrected chi connectivity index (χ0v) is 13.4. The molecular weight excluding hydrogens is 288 g/mol. The summed E-state index contributed by atoms with van der Waals surface area (Å²) in [5.41, 5.74) is 1.14. The normalized spacial score (nSPS) is 11.1. The van der Waals surface area contributed by atoms with Gasteiger partial charge in [0.05, 0.1) is 5.02 Å². The molecule has 2 aromatic rings. The Bertz CT molecular complexity index is 583. The molecule has 21 heavy (non-hydrogen) atoms. The highest BCUT2D eigenvalue weighted by Gasteiger charge is 2.07. The fourth-order valence-corrected chi connectivity index (χ4v) is 2.16. The summed E-state index contributed by atoms with van der Waals surface area (Å²) in [5, 5.41) is 8.08. The molecule has 0 unspecified atom stereocenters. The summed E-state index contributed by atoms with van der Waals surface area (Å²) >= 11 is 6.26. The first-order valence-corrected chi connectivity index (χ1v) is 7.49. The molecule has 1 N–H and O–H groups in total. The molecule has 0 aliphatic carbocycles. The standard InChI is InChI=1S/C15H21ClN4O/c1-4-20-15(18-10-19-20)9-21-14-6-5-12(7-13(14)16)8-17-11(2)3/h5-7,10-11,17H,4,8-9H2,1-3H3. The van der Waals surface area contributed by atoms with E-state index in [0.29, 0.717) is 23.4 Å². The van der Waals surface area contributed by atoms with Crippen molar-refractivity contribution in [1.82, 2.24) is 20.1 Å². The third kappa shape index (κ3) is 4.44. The van der Waals surface area contributed by atoms with E-state index in [4.69, 9.17) is 16.3 Å². The zero-order valence-electron chi connectivity index (χ0n) is 12.6. The molecule has 0 saturated carbocycles. The van der Waals surface area contributed by atoms with Crippen molar-refractivity contribution >= 4 is 11.6 Å². The average molecular weight is 309 g/mol. The van der Waals surface area contributed by atoms with E-state index in [-0.39, 0.29) is 0 Å². The Balaban J connectivity index is 1.97. The number of hydrogen-bond acceptors (Lipinski definition) is 4. The second-order valence-electron chi connectivity index (χ2n) is 5.08. The summed E-state index contributed by atoms with van der Waals surface area (Å²) in [5.74, 6) is 1.45. The number of nitrogens with one attached hydrogen (secondary N) is 1. The molecule has 1 aromatic heterocycles. The first kappa shape index (κ1) is 15.8. The summed E-state index contributed by atoms with van der Waals surface area (Å²) in [4.78, 5) is 4.17. The lowest BCUT2D eigenvalue weighted by Gasteiger charge is -2.11. The molecule has 0 saturated heterocycles. The van der Waals surface area contributed by atoms with E-state index in [2.05, 4.69) is 29.2 Å². The minimum absolute atomic E-state index is 0.358. The molecule has 0 spiro atoms. The Morgan fingerprint density at radius 2 is 2.19 bits per heavy atom. The van der Waals surface area contributed by atoms with Crippen molar-refractivity contribution in [1.29, 1.82) is 0 Å². The van der Waals surface area contributed by atoms with E-state index < -0.39 is 0 Å². The van der Waals surface area contributed by atoms with Crippen LogP contribution in [-0.2, 0) is 19.7 Å². The lowest BCUT2D eigenvalue weighted by Crippen LogP contribution is -2.21. The number of benzene rings is 1. The van der Waals surface area contributed by atoms with Gasteiger partial charge in [0.2, 0.25) is 0 Å². The number of halogens is 1. The van der Waals surface area contributed by atoms with Gasteiger partial charge in [-0.2, -0.15) is 5.10 Å². The van der Waals surface area contributed by atoms with Crippen LogP contribution in [0.15, 0.2) is 24.5 Å². The van der Waals surface area contributed by atoms with Crippen molar-refractivity contribution in [3.63, 3.8) is 0 Å². The molecule has 0 radical (unpaired) electrons. The number of ether oxygens (including phenoxy) is 1. The van der Waals surface area contributed by atoms with Crippen molar-refractivity contribution in [2.45, 2.75) is 46.5 Å². The van der Waals surface area contributed by atoms with Crippen LogP contribution in [0.3, 0.4) is 0 Å². The van der Waals surface area contributed by atoms with Crippen LogP contribution >= 0.6 is 11.6 Å². The van der Waals surface area contributed by atoms with Gasteiger partial charge in [0.25, 0.3) is 0 Å². The Hall–Kier alpha value is -1.59. The molecule has 2 rings (SSSR count). The SMILES string of the molecule is CCn1ncnc1COc1ccc(CNC(C)C)cc1Cl. The smallest absolute Gasteiger partial charge is 0.164 e. The van der Waals surface area contributed by atoms with Crippen LogP contribution in [0.4, 0.5) is 0 Å². The maximum absolute atomic E-state index is 6.26. The summed E-state index contributed by atoms with van der Waals surface area (Å²) in [6.45, 7) is 8.17. The Morgan fingerprint density at radius 1 is 1.38 bits per heavy atom. The second kappa shape index (κ2) is 7.43. The zero-order chi connectivity index (χ0) is 15.2. The molecule has 0 atom stereocenters. The highest BCUT2D eigenvalue weighted by atomic mass is 35.5. The summed E-state index contributed by atoms with van der Waals surface area (Å²) in [6, 6.07) is 6.28. The third-order valence-corrected chi connectivity index (χ3v) is 3.36. The van der Waals surface area contributed by atoms with Gasteiger partial charge in [-0.1, -0.05) is 31.5 Å². The highest BCUT2D eigenvalue weighted by Crippen LogP contribution is 2.26. The Labute approximate surface area is 130 Å². The Kier molecular flexibility index (Phi) is 5.59. The lowest BCUT2D eigenvalue weighted by atomic mass is 10.2. The number of aryl methyl sites for hydroxylation is 1. The Morgan fingerprint density at radius 3 is 2.86 bits per heavy atom. The molecule has 0 bridgehead atoms. The van der Waals surface area contributed by atoms with Gasteiger partial charge in [-0.15, -0.1) is 0 Å². The first-order chi connectivity index (χ1) is 10.1. The fraction of sp³-hybridized carbons (Fsp3) is 0.467. The average Bonchev–Trinajstić information content (AvgIpc) is 2.91. The molecule has 114 valence electrons. The minimum atomic E-state index is 0.358. The number of rotatable bonds is 7. The maximum atomic E-state index is 6.26. The van der Waals surface area contributed by atoms with Gasteiger partial charge in [0, 0.05) is 19.1 Å². The predicted molar refractivity (Wildman–Crippen MR) is 83.5 cm³/mol. The van der Waals surface area contributed by atoms with Crippen LogP contribution in [0.5, 0.6) is 5.75 Å². The largest absolute Gasteiger partial charge is 0.484 e. The van der Waals surface area contributed by atoms with E-state index in [9.17, 15) is 0 Å². The van der Waals surface area contributed by atoms with Crippen LogP contribution < -0.4 is 10.1 Å². The van der Waals surface area contributed by atoms with E-state index in [1.54, 1.807) is 4.68 Å². The fourth-order valence-electron chi connectivity index (χ4n) is 1.90. The van der Waals surface area contributed by atoms with Gasteiger partial charge >= 0.3 is 0 Å². The molecule has 1 heterocycles. The van der Waals surface area contributed by atoms with Crippen molar-refractivity contribution in [3.8, 4) is 5.75 Å². The molecule has 1 aromatic carbocycles. The molecule has 0 aliphatic rings. The van der Waals surface area contributed by atoms with Crippen molar-refractivity contribution in [2.75, 3.05) is 0 Å². The van der Waals surface area contributed by atoms with Gasteiger partial charge in [0.15, 0.2) is 5.82 Å². The topological polar surface area (TPSA) is 52.0 Å². The number of hydrogen-bond donors (Lipinski definition) is 1. The van der Waals surface area contributed by atoms with Gasteiger partial charge in [0.1, 0.15) is 18.7 Å². The quantitative estimate of drug-likeness (QED) is 0.854. The molecule has 0 fully saturated rings. The van der Waals surface area contributed by atoms with Gasteiger partial charge in [-0.05, 0) is 24.6 Å². The summed E-state index contributed by atoms with van der Waals surface area (Å²) in [6.07, 6.45) is 1.53. The molecular formula is C15H21ClN4O. The minimum Gasteiger partial charge on any atom is -0.484 e. The van der Waals surface area contributed by atoms with Gasteiger partial charge < -0.3 is 10.1 Å². The molecule has 0 amide bonds. The highest BCUT2D eigenvalue weighted by molar-refractivity contribution is 6.32. The monoisotopic (exact) mass is 308 g/mol. The molecule has 6 heteroatoms. The van der Waals surface area contributed by atoms with Crippen molar-refractivity contribution in [2.24, 2.45) is 0 Å². The van der Waals surface area contributed by atoms with E-state index in [1.165, 1.54) is 6.33 Å². The van der Waals surface area contributed by atoms with E-state index in [0.717, 1.165) is 24.5 Å². The summed E-state index contributed by atoms with van der Waals surface area (Å²) in [7, 11) is 0. The maximum Gasteiger partial charge on any atom is 0.164 e. The van der Waals surface area contributed by atoms with Gasteiger partial charge in [-0.3, -0.25) is 0 Å². The summed E-state index contributed by atoms with van der Waals surface area (Å²) < 4.78 is 7.53. The van der Waals surface area contributed by atoms with Gasteiger partial charge in [-0.25, -0.2) is 9.67 Å². The number of aromatic nitrogens is 3. The van der Waals surface area contributed by atoms with Crippen LogP contribution in [0.2, 0.25) is 5.02 Å². The lowest BCUT2D eigenvalue weighted by molar-refractivity contribution is 0.287. The van der Waals surface area contributed by atoms with E-state index in [1.807, 2.05) is 25.1 Å². The van der Waals surface area contributed by atoms with Crippen molar-refractivity contribution in [3.05, 3.63) is 40.9 Å². The van der Waals surface area contributed by atoms with E-state index >= 15 is 0 Å². The van der Waals surface area contributed by atoms with Crippen LogP contribution in [-0.4, -0.2) is 20.8 Å². The molecule has 0 aliphatic heterocycles. The second-order valence-corrected chi connectivity index (χ2v) is 5.49. The number of nitrogens with zero attached hydrogens (tertiary/aromatic N) is 3. The van der Waals surface area contributed by atoms with Crippen molar-refractivity contribution < 1.29 is 4.74 Å². The third-order valence-electron chi connectivity index (χ3n) is 3.06. The van der Waals surface area contributed by atoms with Crippen LogP contribution in [0, 0.1) is 0 Å². The first-order valence-electron chi connectivity index (χ1n) is 7.11. The van der Waals surface area contributed by atoms with Crippen LogP contribution in [0.1, 0.15) is 32.2 Å². The predicted octanol–water partition coefficient (Wildman–Crippen LogP) is 3.03. The molecule has 5 nitrogen and oxygen atoms in total.